The minimum atomic E-state index is -0.470. The van der Waals surface area contributed by atoms with E-state index < -0.39 is 4.92 Å². The number of nitrogens with zero attached hydrogens (tertiary/aromatic N) is 3. The van der Waals surface area contributed by atoms with Crippen LogP contribution in [0.2, 0.25) is 0 Å². The number of non-ortho nitro benzene ring substituents is 1. The lowest BCUT2D eigenvalue weighted by Gasteiger charge is -2.29. The summed E-state index contributed by atoms with van der Waals surface area (Å²) in [6.45, 7) is 3.55. The molecular formula is C23H28N4O4. The van der Waals surface area contributed by atoms with Gasteiger partial charge in [-0.2, -0.15) is 0 Å². The van der Waals surface area contributed by atoms with Gasteiger partial charge >= 0.3 is 0 Å². The van der Waals surface area contributed by atoms with Crippen molar-refractivity contribution in [2.24, 2.45) is 0 Å². The lowest BCUT2D eigenvalue weighted by Crippen LogP contribution is -2.41. The van der Waals surface area contributed by atoms with Crippen molar-refractivity contribution in [1.82, 2.24) is 10.2 Å². The molecule has 2 aromatic carbocycles. The molecule has 0 spiro atoms. The fourth-order valence-electron chi connectivity index (χ4n) is 4.36. The maximum Gasteiger partial charge on any atom is 0.272 e. The van der Waals surface area contributed by atoms with Gasteiger partial charge in [-0.3, -0.25) is 19.8 Å². The Kier molecular flexibility index (Phi) is 6.36. The van der Waals surface area contributed by atoms with Crippen molar-refractivity contribution in [2.45, 2.75) is 25.3 Å². The van der Waals surface area contributed by atoms with E-state index in [9.17, 15) is 14.9 Å². The molecule has 1 atom stereocenters. The van der Waals surface area contributed by atoms with E-state index in [0.29, 0.717) is 31.1 Å². The molecule has 8 nitrogen and oxygen atoms in total. The minimum absolute atomic E-state index is 0.105. The van der Waals surface area contributed by atoms with E-state index in [4.69, 9.17) is 4.74 Å². The number of likely N-dealkylation sites (tertiary alicyclic amines) is 1. The summed E-state index contributed by atoms with van der Waals surface area (Å²) in [6, 6.07) is 13.4. The van der Waals surface area contributed by atoms with Crippen molar-refractivity contribution >= 4 is 17.3 Å². The monoisotopic (exact) mass is 424 g/mol. The number of carbonyl (C=O) groups excluding carboxylic acids is 1. The number of amides is 1. The molecule has 0 unspecified atom stereocenters. The molecule has 2 aliphatic heterocycles. The molecular weight excluding hydrogens is 396 g/mol. The van der Waals surface area contributed by atoms with Gasteiger partial charge in [0.2, 0.25) is 0 Å². The zero-order valence-corrected chi connectivity index (χ0v) is 17.8. The SMILES string of the molecule is CN1CCOc2c(C(=O)NC[C@@H]3CCCN3CCc3ccccc3)cc([N+](=O)[O-])cc21. The van der Waals surface area contributed by atoms with E-state index in [1.165, 1.54) is 17.7 Å². The lowest BCUT2D eigenvalue weighted by molar-refractivity contribution is -0.384. The van der Waals surface area contributed by atoms with Gasteiger partial charge in [0.15, 0.2) is 5.75 Å². The number of nitro groups is 1. The summed E-state index contributed by atoms with van der Waals surface area (Å²) in [7, 11) is 1.84. The Labute approximate surface area is 181 Å². The van der Waals surface area contributed by atoms with Crippen molar-refractivity contribution in [3.63, 3.8) is 0 Å². The first-order valence-electron chi connectivity index (χ1n) is 10.8. The number of likely N-dealkylation sites (N-methyl/N-ethyl adjacent to an activating group) is 1. The van der Waals surface area contributed by atoms with E-state index in [1.54, 1.807) is 0 Å². The third-order valence-corrected chi connectivity index (χ3v) is 6.12. The van der Waals surface area contributed by atoms with Gasteiger partial charge in [0.1, 0.15) is 6.61 Å². The van der Waals surface area contributed by atoms with Crippen LogP contribution in [0.3, 0.4) is 0 Å². The number of benzene rings is 2. The molecule has 0 aromatic heterocycles. The second-order valence-electron chi connectivity index (χ2n) is 8.15. The Hall–Kier alpha value is -3.13. The molecule has 164 valence electrons. The molecule has 1 fully saturated rings. The number of ether oxygens (including phenoxy) is 1. The molecule has 2 aliphatic rings. The van der Waals surface area contributed by atoms with Crippen LogP contribution in [0.1, 0.15) is 28.8 Å². The summed E-state index contributed by atoms with van der Waals surface area (Å²) in [5.41, 5.74) is 2.01. The minimum Gasteiger partial charge on any atom is -0.489 e. The van der Waals surface area contributed by atoms with Crippen molar-refractivity contribution in [3.05, 3.63) is 63.7 Å². The van der Waals surface area contributed by atoms with E-state index >= 15 is 0 Å². The third kappa shape index (κ3) is 4.80. The first-order valence-corrected chi connectivity index (χ1v) is 10.8. The second-order valence-corrected chi connectivity index (χ2v) is 8.15. The van der Waals surface area contributed by atoms with Crippen LogP contribution >= 0.6 is 0 Å². The van der Waals surface area contributed by atoms with Gasteiger partial charge in [0, 0.05) is 38.3 Å². The van der Waals surface area contributed by atoms with Crippen LogP contribution in [-0.2, 0) is 6.42 Å². The van der Waals surface area contributed by atoms with Crippen LogP contribution in [0, 0.1) is 10.1 Å². The normalized spacial score (nSPS) is 18.4. The first-order chi connectivity index (χ1) is 15.0. The third-order valence-electron chi connectivity index (χ3n) is 6.12. The van der Waals surface area contributed by atoms with Gasteiger partial charge in [-0.15, -0.1) is 0 Å². The molecule has 0 radical (unpaired) electrons. The van der Waals surface area contributed by atoms with Gasteiger partial charge in [0.05, 0.1) is 22.7 Å². The summed E-state index contributed by atoms with van der Waals surface area (Å²) in [5.74, 6) is 0.0920. The van der Waals surface area contributed by atoms with Crippen LogP contribution in [0.25, 0.3) is 0 Å². The highest BCUT2D eigenvalue weighted by Gasteiger charge is 2.29. The van der Waals surface area contributed by atoms with Crippen LogP contribution in [0.5, 0.6) is 5.75 Å². The summed E-state index contributed by atoms with van der Waals surface area (Å²) >= 11 is 0. The first kappa shape index (κ1) is 21.1. The van der Waals surface area contributed by atoms with Crippen LogP contribution in [-0.4, -0.2) is 61.6 Å². The highest BCUT2D eigenvalue weighted by molar-refractivity contribution is 6.00. The number of rotatable bonds is 7. The van der Waals surface area contributed by atoms with Gasteiger partial charge in [-0.1, -0.05) is 30.3 Å². The zero-order valence-electron chi connectivity index (χ0n) is 17.8. The van der Waals surface area contributed by atoms with Gasteiger partial charge in [0.25, 0.3) is 11.6 Å². The lowest BCUT2D eigenvalue weighted by atomic mass is 10.1. The topological polar surface area (TPSA) is 88.0 Å². The number of nitro benzene ring substituents is 1. The molecule has 8 heteroatoms. The van der Waals surface area contributed by atoms with E-state index in [0.717, 1.165) is 32.4 Å². The van der Waals surface area contributed by atoms with E-state index in [2.05, 4.69) is 34.5 Å². The maximum absolute atomic E-state index is 13.0. The predicted octanol–water partition coefficient (Wildman–Crippen LogP) is 2.86. The maximum atomic E-state index is 13.0. The summed E-state index contributed by atoms with van der Waals surface area (Å²) < 4.78 is 5.73. The predicted molar refractivity (Wildman–Crippen MR) is 119 cm³/mol. The average Bonchev–Trinajstić information content (AvgIpc) is 3.23. The number of hydrogen-bond donors (Lipinski definition) is 1. The van der Waals surface area contributed by atoms with Gasteiger partial charge in [-0.25, -0.2) is 0 Å². The van der Waals surface area contributed by atoms with Crippen LogP contribution in [0.4, 0.5) is 11.4 Å². The molecule has 0 saturated carbocycles. The Bertz CT molecular complexity index is 950. The standard InChI is InChI=1S/C23H28N4O4/c1-25-12-13-31-22-20(14-19(27(29)30)15-21(22)25)23(28)24-16-18-8-5-10-26(18)11-9-17-6-3-2-4-7-17/h2-4,6-7,14-15,18H,5,8-13,16H2,1H3,(H,24,28)/t18-/m0/s1. The second kappa shape index (κ2) is 9.34. The molecule has 0 aliphatic carbocycles. The Morgan fingerprint density at radius 2 is 2.06 bits per heavy atom. The Morgan fingerprint density at radius 3 is 2.84 bits per heavy atom. The highest BCUT2D eigenvalue weighted by Crippen LogP contribution is 2.38. The van der Waals surface area contributed by atoms with Gasteiger partial charge < -0.3 is 15.0 Å². The molecule has 1 amide bonds. The fourth-order valence-corrected chi connectivity index (χ4v) is 4.36. The number of anilines is 1. The van der Waals surface area contributed by atoms with Crippen molar-refractivity contribution < 1.29 is 14.5 Å². The van der Waals surface area contributed by atoms with Crippen LogP contribution in [0.15, 0.2) is 42.5 Å². The van der Waals surface area contributed by atoms with Crippen molar-refractivity contribution in [3.8, 4) is 5.75 Å². The average molecular weight is 425 g/mol. The van der Waals surface area contributed by atoms with Crippen molar-refractivity contribution in [2.75, 3.05) is 44.7 Å². The summed E-state index contributed by atoms with van der Waals surface area (Å²) in [5, 5.41) is 14.4. The number of fused-ring (bicyclic) bond motifs is 1. The molecule has 0 bridgehead atoms. The van der Waals surface area contributed by atoms with Crippen molar-refractivity contribution in [1.29, 1.82) is 0 Å². The number of nitrogens with one attached hydrogen (secondary N) is 1. The highest BCUT2D eigenvalue weighted by atomic mass is 16.6. The molecule has 31 heavy (non-hydrogen) atoms. The number of carbonyl (C=O) groups is 1. The molecule has 4 rings (SSSR count). The van der Waals surface area contributed by atoms with E-state index in [-0.39, 0.29) is 23.2 Å². The van der Waals surface area contributed by atoms with Crippen LogP contribution < -0.4 is 15.0 Å². The fraction of sp³-hybridized carbons (Fsp3) is 0.435. The summed E-state index contributed by atoms with van der Waals surface area (Å²) in [6.07, 6.45) is 3.11. The zero-order chi connectivity index (χ0) is 21.8. The quantitative estimate of drug-likeness (QED) is 0.543. The molecule has 2 heterocycles. The smallest absolute Gasteiger partial charge is 0.272 e. The largest absolute Gasteiger partial charge is 0.489 e. The molecule has 1 N–H and O–H groups in total. The van der Waals surface area contributed by atoms with E-state index in [1.807, 2.05) is 18.0 Å². The summed E-state index contributed by atoms with van der Waals surface area (Å²) in [4.78, 5) is 28.2. The Morgan fingerprint density at radius 1 is 1.26 bits per heavy atom. The Balaban J connectivity index is 1.43. The molecule has 2 aromatic rings. The number of hydrogen-bond acceptors (Lipinski definition) is 6. The van der Waals surface area contributed by atoms with Gasteiger partial charge in [-0.05, 0) is 31.4 Å². The molecule has 1 saturated heterocycles.